The second kappa shape index (κ2) is 4.41. The number of carboxylic acids is 1. The van der Waals surface area contributed by atoms with Crippen molar-refractivity contribution in [1.29, 1.82) is 0 Å². The molecule has 0 spiro atoms. The molecule has 0 aliphatic rings. The first-order chi connectivity index (χ1) is 6.50. The summed E-state index contributed by atoms with van der Waals surface area (Å²) in [5, 5.41) is 9.65. The Morgan fingerprint density at radius 2 is 2.36 bits per heavy atom. The van der Waals surface area contributed by atoms with Crippen molar-refractivity contribution in [2.75, 3.05) is 19.0 Å². The van der Waals surface area contributed by atoms with E-state index >= 15 is 0 Å². The van der Waals surface area contributed by atoms with Crippen molar-refractivity contribution in [3.63, 3.8) is 0 Å². The third kappa shape index (κ3) is 2.70. The van der Waals surface area contributed by atoms with E-state index in [9.17, 15) is 4.79 Å². The van der Waals surface area contributed by atoms with Crippen LogP contribution in [0, 0.1) is 5.92 Å². The lowest BCUT2D eigenvalue weighted by Crippen LogP contribution is -2.11. The highest BCUT2D eigenvalue weighted by Gasteiger charge is 2.13. The van der Waals surface area contributed by atoms with Crippen LogP contribution in [0.25, 0.3) is 0 Å². The molecule has 0 amide bonds. The summed E-state index contributed by atoms with van der Waals surface area (Å²) < 4.78 is 0. The van der Waals surface area contributed by atoms with Crippen LogP contribution in [-0.2, 0) is 11.2 Å². The van der Waals surface area contributed by atoms with Crippen LogP contribution in [0.4, 0.5) is 5.13 Å². The Hall–Kier alpha value is -1.10. The molecule has 1 rings (SSSR count). The van der Waals surface area contributed by atoms with Crippen LogP contribution in [0.15, 0.2) is 6.20 Å². The molecule has 0 aromatic carbocycles. The Balaban J connectivity index is 2.64. The Kier molecular flexibility index (Phi) is 3.46. The zero-order valence-corrected chi connectivity index (χ0v) is 9.34. The fourth-order valence-corrected chi connectivity index (χ4v) is 1.95. The highest BCUT2D eigenvalue weighted by atomic mass is 32.1. The number of thiazole rings is 1. The third-order valence-corrected chi connectivity index (χ3v) is 3.04. The minimum absolute atomic E-state index is 0.342. The number of anilines is 1. The van der Waals surface area contributed by atoms with E-state index in [4.69, 9.17) is 5.11 Å². The smallest absolute Gasteiger partial charge is 0.306 e. The zero-order valence-electron chi connectivity index (χ0n) is 8.52. The van der Waals surface area contributed by atoms with Gasteiger partial charge in [0.1, 0.15) is 0 Å². The number of hydrogen-bond acceptors (Lipinski definition) is 4. The molecule has 1 heterocycles. The molecule has 0 saturated heterocycles. The zero-order chi connectivity index (χ0) is 10.7. The maximum atomic E-state index is 10.6. The van der Waals surface area contributed by atoms with Crippen LogP contribution in [0.2, 0.25) is 0 Å². The van der Waals surface area contributed by atoms with E-state index in [1.807, 2.05) is 19.0 Å². The quantitative estimate of drug-likeness (QED) is 0.824. The summed E-state index contributed by atoms with van der Waals surface area (Å²) in [5.41, 5.74) is 0. The molecule has 78 valence electrons. The van der Waals surface area contributed by atoms with E-state index in [0.717, 1.165) is 10.0 Å². The maximum Gasteiger partial charge on any atom is 0.306 e. The van der Waals surface area contributed by atoms with E-state index < -0.39 is 5.97 Å². The van der Waals surface area contributed by atoms with Crippen molar-refractivity contribution < 1.29 is 9.90 Å². The van der Waals surface area contributed by atoms with Gasteiger partial charge < -0.3 is 10.0 Å². The molecule has 1 unspecified atom stereocenters. The molecule has 5 heteroatoms. The SMILES string of the molecule is CC(Cc1cnc(N(C)C)s1)C(=O)O. The molecule has 0 aliphatic heterocycles. The van der Waals surface area contributed by atoms with Crippen molar-refractivity contribution in [3.05, 3.63) is 11.1 Å². The van der Waals surface area contributed by atoms with E-state index in [1.54, 1.807) is 13.1 Å². The Bertz CT molecular complexity index is 322. The highest BCUT2D eigenvalue weighted by molar-refractivity contribution is 7.15. The highest BCUT2D eigenvalue weighted by Crippen LogP contribution is 2.22. The van der Waals surface area contributed by atoms with Crippen LogP contribution < -0.4 is 4.90 Å². The van der Waals surface area contributed by atoms with Gasteiger partial charge in [0.15, 0.2) is 5.13 Å². The predicted molar refractivity (Wildman–Crippen MR) is 56.9 cm³/mol. The van der Waals surface area contributed by atoms with Crippen LogP contribution in [0.5, 0.6) is 0 Å². The molecule has 0 saturated carbocycles. The van der Waals surface area contributed by atoms with Gasteiger partial charge in [-0.25, -0.2) is 4.98 Å². The number of nitrogens with zero attached hydrogens (tertiary/aromatic N) is 2. The average molecular weight is 214 g/mol. The predicted octanol–water partition coefficient (Wildman–Crippen LogP) is 1.47. The Morgan fingerprint density at radius 1 is 1.71 bits per heavy atom. The lowest BCUT2D eigenvalue weighted by Gasteiger charge is -2.05. The standard InChI is InChI=1S/C9H14N2O2S/c1-6(8(12)13)4-7-5-10-9(14-7)11(2)3/h5-6H,4H2,1-3H3,(H,12,13). The summed E-state index contributed by atoms with van der Waals surface area (Å²) in [5.74, 6) is -1.10. The second-order valence-corrected chi connectivity index (χ2v) is 4.54. The van der Waals surface area contributed by atoms with Gasteiger partial charge in [-0.05, 0) is 6.42 Å². The van der Waals surface area contributed by atoms with Crippen molar-refractivity contribution in [2.45, 2.75) is 13.3 Å². The summed E-state index contributed by atoms with van der Waals surface area (Å²) in [4.78, 5) is 17.7. The molecule has 4 nitrogen and oxygen atoms in total. The van der Waals surface area contributed by atoms with Gasteiger partial charge >= 0.3 is 5.97 Å². The van der Waals surface area contributed by atoms with Gasteiger partial charge in [-0.3, -0.25) is 4.79 Å². The molecular weight excluding hydrogens is 200 g/mol. The van der Waals surface area contributed by atoms with Crippen LogP contribution in [-0.4, -0.2) is 30.2 Å². The topological polar surface area (TPSA) is 53.4 Å². The fraction of sp³-hybridized carbons (Fsp3) is 0.556. The van der Waals surface area contributed by atoms with Gasteiger partial charge in [-0.2, -0.15) is 0 Å². The van der Waals surface area contributed by atoms with E-state index in [1.165, 1.54) is 11.3 Å². The van der Waals surface area contributed by atoms with Crippen molar-refractivity contribution in [3.8, 4) is 0 Å². The van der Waals surface area contributed by atoms with Crippen molar-refractivity contribution in [1.82, 2.24) is 4.98 Å². The number of aliphatic carboxylic acids is 1. The second-order valence-electron chi connectivity index (χ2n) is 3.45. The molecule has 0 fully saturated rings. The summed E-state index contributed by atoms with van der Waals surface area (Å²) in [6, 6.07) is 0. The fourth-order valence-electron chi connectivity index (χ4n) is 0.987. The normalized spacial score (nSPS) is 12.5. The molecule has 14 heavy (non-hydrogen) atoms. The first-order valence-electron chi connectivity index (χ1n) is 4.35. The molecular formula is C9H14N2O2S. The summed E-state index contributed by atoms with van der Waals surface area (Å²) in [6.07, 6.45) is 2.31. The average Bonchev–Trinajstić information content (AvgIpc) is 2.52. The van der Waals surface area contributed by atoms with Crippen molar-refractivity contribution >= 4 is 22.4 Å². The Labute approximate surface area is 87.2 Å². The van der Waals surface area contributed by atoms with E-state index in [2.05, 4.69) is 4.98 Å². The van der Waals surface area contributed by atoms with Crippen LogP contribution >= 0.6 is 11.3 Å². The largest absolute Gasteiger partial charge is 0.481 e. The van der Waals surface area contributed by atoms with E-state index in [-0.39, 0.29) is 5.92 Å². The first-order valence-corrected chi connectivity index (χ1v) is 5.17. The minimum atomic E-state index is -0.759. The Morgan fingerprint density at radius 3 is 2.79 bits per heavy atom. The monoisotopic (exact) mass is 214 g/mol. The molecule has 1 N–H and O–H groups in total. The maximum absolute atomic E-state index is 10.6. The molecule has 1 atom stereocenters. The van der Waals surface area contributed by atoms with Crippen molar-refractivity contribution in [2.24, 2.45) is 5.92 Å². The number of rotatable bonds is 4. The molecule has 0 radical (unpaired) electrons. The van der Waals surface area contributed by atoms with Crippen LogP contribution in [0.1, 0.15) is 11.8 Å². The van der Waals surface area contributed by atoms with Gasteiger partial charge in [0.2, 0.25) is 0 Å². The lowest BCUT2D eigenvalue weighted by molar-refractivity contribution is -0.141. The first kappa shape index (κ1) is 11.0. The van der Waals surface area contributed by atoms with Gasteiger partial charge in [-0.1, -0.05) is 6.92 Å². The molecule has 1 aromatic rings. The summed E-state index contributed by atoms with van der Waals surface area (Å²) in [7, 11) is 3.84. The molecule has 1 aromatic heterocycles. The van der Waals surface area contributed by atoms with Gasteiger partial charge in [0.05, 0.1) is 5.92 Å². The van der Waals surface area contributed by atoms with Gasteiger partial charge in [-0.15, -0.1) is 11.3 Å². The number of carboxylic acid groups (broad SMARTS) is 1. The van der Waals surface area contributed by atoms with Gasteiger partial charge in [0, 0.05) is 25.2 Å². The lowest BCUT2D eigenvalue weighted by atomic mass is 10.1. The summed E-state index contributed by atoms with van der Waals surface area (Å²) >= 11 is 1.54. The summed E-state index contributed by atoms with van der Waals surface area (Å²) in [6.45, 7) is 1.71. The molecule has 0 aliphatic carbocycles. The number of aromatic nitrogens is 1. The molecule has 0 bridgehead atoms. The number of hydrogen-bond donors (Lipinski definition) is 1. The van der Waals surface area contributed by atoms with E-state index in [0.29, 0.717) is 6.42 Å². The minimum Gasteiger partial charge on any atom is -0.481 e. The van der Waals surface area contributed by atoms with Crippen LogP contribution in [0.3, 0.4) is 0 Å². The third-order valence-electron chi connectivity index (χ3n) is 1.85. The number of carbonyl (C=O) groups is 1. The van der Waals surface area contributed by atoms with Gasteiger partial charge in [0.25, 0.3) is 0 Å².